The van der Waals surface area contributed by atoms with Crippen LogP contribution >= 0.6 is 0 Å². The number of aromatic nitrogens is 2. The number of benzene rings is 1. The molecule has 8 nitrogen and oxygen atoms in total. The van der Waals surface area contributed by atoms with Crippen LogP contribution in [0.2, 0.25) is 0 Å². The second-order valence-electron chi connectivity index (χ2n) is 7.30. The zero-order chi connectivity index (χ0) is 21.2. The van der Waals surface area contributed by atoms with E-state index in [2.05, 4.69) is 14.9 Å². The minimum Gasteiger partial charge on any atom is -0.496 e. The van der Waals surface area contributed by atoms with Crippen LogP contribution in [-0.2, 0) is 10.0 Å². The molecule has 0 atom stereocenters. The lowest BCUT2D eigenvalue weighted by Gasteiger charge is -2.34. The Morgan fingerprint density at radius 1 is 1.03 bits per heavy atom. The lowest BCUT2D eigenvalue weighted by molar-refractivity contribution is 0.231. The molecule has 0 bridgehead atoms. The Kier molecular flexibility index (Phi) is 6.28. The van der Waals surface area contributed by atoms with E-state index in [9.17, 15) is 8.42 Å². The van der Waals surface area contributed by atoms with Crippen LogP contribution in [0.25, 0.3) is 0 Å². The van der Waals surface area contributed by atoms with Gasteiger partial charge in [0.25, 0.3) is 0 Å². The Labute approximate surface area is 172 Å². The monoisotopic (exact) mass is 420 g/mol. The van der Waals surface area contributed by atoms with Crippen molar-refractivity contribution in [1.29, 1.82) is 0 Å². The first-order chi connectivity index (χ1) is 13.7. The SMILES string of the molecule is COc1ccc(S(=O)(=O)N2CCN(c3cc(OC(C)C)nc(C)n3)CC2)cc1C. The van der Waals surface area contributed by atoms with E-state index in [0.717, 1.165) is 11.4 Å². The highest BCUT2D eigenvalue weighted by molar-refractivity contribution is 7.89. The first-order valence-corrected chi connectivity index (χ1v) is 11.1. The number of sulfonamides is 1. The molecule has 0 saturated carbocycles. The Morgan fingerprint density at radius 2 is 1.72 bits per heavy atom. The van der Waals surface area contributed by atoms with Crippen molar-refractivity contribution in [3.63, 3.8) is 0 Å². The summed E-state index contributed by atoms with van der Waals surface area (Å²) < 4.78 is 38.5. The summed E-state index contributed by atoms with van der Waals surface area (Å²) in [7, 11) is -1.98. The lowest BCUT2D eigenvalue weighted by Crippen LogP contribution is -2.49. The van der Waals surface area contributed by atoms with Gasteiger partial charge in [0.05, 0.1) is 18.1 Å². The quantitative estimate of drug-likeness (QED) is 0.709. The highest BCUT2D eigenvalue weighted by atomic mass is 32.2. The highest BCUT2D eigenvalue weighted by Crippen LogP contribution is 2.26. The van der Waals surface area contributed by atoms with Gasteiger partial charge in [-0.3, -0.25) is 0 Å². The average molecular weight is 421 g/mol. The molecule has 1 aromatic carbocycles. The van der Waals surface area contributed by atoms with Gasteiger partial charge in [-0.15, -0.1) is 0 Å². The van der Waals surface area contributed by atoms with E-state index in [0.29, 0.717) is 43.6 Å². The molecule has 9 heteroatoms. The standard InChI is InChI=1S/C20H28N4O4S/c1-14(2)28-20-13-19(21-16(4)22-20)23-8-10-24(11-9-23)29(25,26)17-6-7-18(27-5)15(3)12-17/h6-7,12-14H,8-11H2,1-5H3. The molecule has 1 aliphatic rings. The van der Waals surface area contributed by atoms with Gasteiger partial charge < -0.3 is 14.4 Å². The van der Waals surface area contributed by atoms with Crippen LogP contribution in [0.3, 0.4) is 0 Å². The molecule has 0 radical (unpaired) electrons. The zero-order valence-corrected chi connectivity index (χ0v) is 18.4. The Hall–Kier alpha value is -2.39. The summed E-state index contributed by atoms with van der Waals surface area (Å²) in [6.45, 7) is 9.42. The molecule has 0 N–H and O–H groups in total. The van der Waals surface area contributed by atoms with Gasteiger partial charge in [-0.2, -0.15) is 9.29 Å². The van der Waals surface area contributed by atoms with E-state index in [4.69, 9.17) is 9.47 Å². The molecule has 2 heterocycles. The van der Waals surface area contributed by atoms with Gasteiger partial charge in [-0.1, -0.05) is 0 Å². The summed E-state index contributed by atoms with van der Waals surface area (Å²) >= 11 is 0. The number of hydrogen-bond donors (Lipinski definition) is 0. The van der Waals surface area contributed by atoms with E-state index in [1.807, 2.05) is 33.8 Å². The minimum atomic E-state index is -3.55. The normalized spacial score (nSPS) is 15.6. The fourth-order valence-electron chi connectivity index (χ4n) is 3.31. The smallest absolute Gasteiger partial charge is 0.243 e. The second-order valence-corrected chi connectivity index (χ2v) is 9.24. The lowest BCUT2D eigenvalue weighted by atomic mass is 10.2. The minimum absolute atomic E-state index is 0.0205. The van der Waals surface area contributed by atoms with Crippen molar-refractivity contribution in [3.05, 3.63) is 35.7 Å². The number of aryl methyl sites for hydroxylation is 2. The largest absolute Gasteiger partial charge is 0.496 e. The van der Waals surface area contributed by atoms with Gasteiger partial charge in [0.1, 0.15) is 17.4 Å². The second kappa shape index (κ2) is 8.54. The van der Waals surface area contributed by atoms with Crippen LogP contribution in [0.1, 0.15) is 25.2 Å². The summed E-state index contributed by atoms with van der Waals surface area (Å²) in [5.41, 5.74) is 0.793. The predicted molar refractivity (Wildman–Crippen MR) is 111 cm³/mol. The first kappa shape index (κ1) is 21.3. The van der Waals surface area contributed by atoms with Crippen LogP contribution in [0.5, 0.6) is 11.6 Å². The van der Waals surface area contributed by atoms with Crippen LogP contribution in [0.4, 0.5) is 5.82 Å². The van der Waals surface area contributed by atoms with Gasteiger partial charge in [0, 0.05) is 32.2 Å². The summed E-state index contributed by atoms with van der Waals surface area (Å²) in [5, 5.41) is 0. The fourth-order valence-corrected chi connectivity index (χ4v) is 4.81. The summed E-state index contributed by atoms with van der Waals surface area (Å²) in [6.07, 6.45) is 0.0205. The van der Waals surface area contributed by atoms with Gasteiger partial charge >= 0.3 is 0 Å². The number of anilines is 1. The maximum Gasteiger partial charge on any atom is 0.243 e. The van der Waals surface area contributed by atoms with Crippen molar-refractivity contribution >= 4 is 15.8 Å². The van der Waals surface area contributed by atoms with Gasteiger partial charge in [-0.05, 0) is 51.5 Å². The highest BCUT2D eigenvalue weighted by Gasteiger charge is 2.29. The Balaban J connectivity index is 1.73. The van der Waals surface area contributed by atoms with E-state index < -0.39 is 10.0 Å². The maximum absolute atomic E-state index is 13.0. The predicted octanol–water partition coefficient (Wildman–Crippen LogP) is 2.40. The molecule has 1 saturated heterocycles. The third kappa shape index (κ3) is 4.79. The third-order valence-corrected chi connectivity index (χ3v) is 6.62. The molecule has 1 aliphatic heterocycles. The van der Waals surface area contributed by atoms with E-state index in [1.165, 1.54) is 4.31 Å². The van der Waals surface area contributed by atoms with Crippen LogP contribution in [-0.4, -0.2) is 62.1 Å². The third-order valence-electron chi connectivity index (χ3n) is 4.72. The molecule has 2 aromatic rings. The summed E-state index contributed by atoms with van der Waals surface area (Å²) in [5.74, 6) is 2.59. The Morgan fingerprint density at radius 3 is 2.31 bits per heavy atom. The molecule has 158 valence electrons. The number of ether oxygens (including phenoxy) is 2. The van der Waals surface area contributed by atoms with E-state index >= 15 is 0 Å². The van der Waals surface area contributed by atoms with E-state index in [1.54, 1.807) is 25.3 Å². The van der Waals surface area contributed by atoms with Gasteiger partial charge in [-0.25, -0.2) is 13.4 Å². The average Bonchev–Trinajstić information content (AvgIpc) is 2.67. The first-order valence-electron chi connectivity index (χ1n) is 9.63. The zero-order valence-electron chi connectivity index (χ0n) is 17.5. The Bertz CT molecular complexity index is 970. The molecule has 0 spiro atoms. The molecule has 0 aliphatic carbocycles. The molecule has 29 heavy (non-hydrogen) atoms. The maximum atomic E-state index is 13.0. The van der Waals surface area contributed by atoms with Crippen LogP contribution in [0, 0.1) is 13.8 Å². The topological polar surface area (TPSA) is 84.9 Å². The van der Waals surface area contributed by atoms with Crippen molar-refractivity contribution in [2.45, 2.75) is 38.7 Å². The number of hydrogen-bond acceptors (Lipinski definition) is 7. The van der Waals surface area contributed by atoms with E-state index in [-0.39, 0.29) is 11.0 Å². The van der Waals surface area contributed by atoms with Gasteiger partial charge in [0.15, 0.2) is 0 Å². The van der Waals surface area contributed by atoms with Crippen molar-refractivity contribution < 1.29 is 17.9 Å². The van der Waals surface area contributed by atoms with Crippen molar-refractivity contribution in [2.75, 3.05) is 38.2 Å². The van der Waals surface area contributed by atoms with Crippen molar-refractivity contribution in [3.8, 4) is 11.6 Å². The molecule has 1 fully saturated rings. The van der Waals surface area contributed by atoms with Gasteiger partial charge in [0.2, 0.25) is 15.9 Å². The fraction of sp³-hybridized carbons (Fsp3) is 0.500. The van der Waals surface area contributed by atoms with Crippen molar-refractivity contribution in [1.82, 2.24) is 14.3 Å². The molecule has 3 rings (SSSR count). The number of rotatable bonds is 6. The molecule has 1 aromatic heterocycles. The summed E-state index contributed by atoms with van der Waals surface area (Å²) in [6, 6.07) is 6.75. The van der Waals surface area contributed by atoms with Crippen molar-refractivity contribution in [2.24, 2.45) is 0 Å². The van der Waals surface area contributed by atoms with Crippen LogP contribution < -0.4 is 14.4 Å². The number of methoxy groups -OCH3 is 1. The molecular weight excluding hydrogens is 392 g/mol. The molecule has 0 amide bonds. The number of piperazine rings is 1. The number of nitrogens with zero attached hydrogens (tertiary/aromatic N) is 4. The molecular formula is C20H28N4O4S. The molecule has 0 unspecified atom stereocenters. The summed E-state index contributed by atoms with van der Waals surface area (Å²) in [4.78, 5) is 11.2. The van der Waals surface area contributed by atoms with Crippen LogP contribution in [0.15, 0.2) is 29.2 Å².